The van der Waals surface area contributed by atoms with Crippen LogP contribution in [-0.4, -0.2) is 37.0 Å². The number of piperazine rings is 1. The highest BCUT2D eigenvalue weighted by molar-refractivity contribution is 5.93. The highest BCUT2D eigenvalue weighted by Crippen LogP contribution is 2.37. The molecule has 0 saturated carbocycles. The maximum Gasteiger partial charge on any atom is 0.248 e. The number of benzene rings is 2. The second kappa shape index (κ2) is 8.42. The fraction of sp³-hybridized carbons (Fsp3) is 0.400. The minimum atomic E-state index is -0.373. The molecule has 0 bridgehead atoms. The number of nitrogens with zero attached hydrogens (tertiary/aromatic N) is 2. The number of carbonyl (C=O) groups excluding carboxylic acids is 1. The Morgan fingerprint density at radius 1 is 1.03 bits per heavy atom. The van der Waals surface area contributed by atoms with Gasteiger partial charge >= 0.3 is 0 Å². The van der Waals surface area contributed by atoms with Crippen LogP contribution in [0.15, 0.2) is 49.0 Å². The highest BCUT2D eigenvalue weighted by Gasteiger charge is 2.28. The Hall–Kier alpha value is -2.59. The van der Waals surface area contributed by atoms with Crippen molar-refractivity contribution in [3.8, 4) is 0 Å². The van der Waals surface area contributed by atoms with Crippen LogP contribution < -0.4 is 10.6 Å². The quantitative estimate of drug-likeness (QED) is 0.788. The van der Waals surface area contributed by atoms with Crippen LogP contribution in [0.4, 0.5) is 5.69 Å². The minimum absolute atomic E-state index is 0.373. The second-order valence-corrected chi connectivity index (χ2v) is 8.35. The Kier molecular flexibility index (Phi) is 5.72. The molecule has 1 unspecified atom stereocenters. The molecule has 1 aliphatic heterocycles. The van der Waals surface area contributed by atoms with Crippen molar-refractivity contribution >= 4 is 17.2 Å². The van der Waals surface area contributed by atoms with Gasteiger partial charge in [0.25, 0.3) is 0 Å². The molecule has 1 aliphatic carbocycles. The molecule has 2 aliphatic rings. The van der Waals surface area contributed by atoms with Crippen LogP contribution in [0.1, 0.15) is 59.3 Å². The zero-order valence-electron chi connectivity index (χ0n) is 17.4. The van der Waals surface area contributed by atoms with Crippen molar-refractivity contribution in [3.63, 3.8) is 0 Å². The number of nitrogens with two attached hydrogens (primary N) is 1. The molecule has 2 N–H and O–H groups in total. The molecular weight excluding hydrogens is 358 g/mol. The highest BCUT2D eigenvalue weighted by atomic mass is 16.1. The number of allylic oxidation sites excluding steroid dienone is 1. The number of primary amides is 1. The van der Waals surface area contributed by atoms with E-state index in [0.29, 0.717) is 11.6 Å². The van der Waals surface area contributed by atoms with Crippen LogP contribution >= 0.6 is 0 Å². The van der Waals surface area contributed by atoms with Crippen LogP contribution in [0.2, 0.25) is 0 Å². The summed E-state index contributed by atoms with van der Waals surface area (Å²) in [5.74, 6) is -0.373. The van der Waals surface area contributed by atoms with Crippen molar-refractivity contribution in [3.05, 3.63) is 71.3 Å². The Morgan fingerprint density at radius 3 is 2.41 bits per heavy atom. The lowest BCUT2D eigenvalue weighted by Crippen LogP contribution is -2.47. The third kappa shape index (κ3) is 4.08. The summed E-state index contributed by atoms with van der Waals surface area (Å²) in [6.45, 7) is 10.4. The van der Waals surface area contributed by atoms with E-state index in [9.17, 15) is 4.79 Å². The number of fused-ring (bicyclic) bond motifs is 1. The first-order chi connectivity index (χ1) is 14.0. The summed E-state index contributed by atoms with van der Waals surface area (Å²) in [5.41, 5.74) is 12.7. The van der Waals surface area contributed by atoms with Gasteiger partial charge in [0.15, 0.2) is 0 Å². The Labute approximate surface area is 174 Å². The summed E-state index contributed by atoms with van der Waals surface area (Å²) < 4.78 is 0. The topological polar surface area (TPSA) is 49.6 Å². The van der Waals surface area contributed by atoms with E-state index < -0.39 is 0 Å². The maximum absolute atomic E-state index is 11.3. The number of amides is 1. The van der Waals surface area contributed by atoms with Crippen LogP contribution in [0.25, 0.3) is 5.57 Å². The lowest BCUT2D eigenvalue weighted by molar-refractivity contribution is 0.100. The van der Waals surface area contributed by atoms with Crippen LogP contribution in [0, 0.1) is 0 Å². The van der Waals surface area contributed by atoms with Crippen LogP contribution in [0.5, 0.6) is 0 Å². The average Bonchev–Trinajstić information content (AvgIpc) is 2.96. The second-order valence-electron chi connectivity index (χ2n) is 8.35. The van der Waals surface area contributed by atoms with Crippen LogP contribution in [-0.2, 0) is 6.42 Å². The van der Waals surface area contributed by atoms with Gasteiger partial charge in [-0.3, -0.25) is 9.69 Å². The summed E-state index contributed by atoms with van der Waals surface area (Å²) >= 11 is 0. The van der Waals surface area contributed by atoms with Gasteiger partial charge in [0.1, 0.15) is 0 Å². The Balaban J connectivity index is 1.49. The molecule has 29 heavy (non-hydrogen) atoms. The molecule has 1 heterocycles. The molecule has 0 radical (unpaired) electrons. The maximum atomic E-state index is 11.3. The molecule has 4 nitrogen and oxygen atoms in total. The predicted octanol–water partition coefficient (Wildman–Crippen LogP) is 4.41. The monoisotopic (exact) mass is 389 g/mol. The van der Waals surface area contributed by atoms with E-state index in [1.165, 1.54) is 53.6 Å². The van der Waals surface area contributed by atoms with E-state index in [2.05, 4.69) is 41.5 Å². The molecule has 152 valence electrons. The van der Waals surface area contributed by atoms with Gasteiger partial charge in [-0.1, -0.05) is 36.8 Å². The van der Waals surface area contributed by atoms with Gasteiger partial charge < -0.3 is 10.6 Å². The van der Waals surface area contributed by atoms with Crippen molar-refractivity contribution in [2.24, 2.45) is 5.73 Å². The van der Waals surface area contributed by atoms with E-state index in [1.807, 2.05) is 24.3 Å². The van der Waals surface area contributed by atoms with E-state index in [0.717, 1.165) is 26.2 Å². The summed E-state index contributed by atoms with van der Waals surface area (Å²) in [6, 6.07) is 15.0. The lowest BCUT2D eigenvalue weighted by Gasteiger charge is -2.40. The van der Waals surface area contributed by atoms with E-state index in [-0.39, 0.29) is 5.91 Å². The lowest BCUT2D eigenvalue weighted by atomic mass is 9.91. The summed E-state index contributed by atoms with van der Waals surface area (Å²) in [5, 5.41) is 0. The number of anilines is 1. The summed E-state index contributed by atoms with van der Waals surface area (Å²) in [7, 11) is 0. The zero-order chi connectivity index (χ0) is 20.4. The number of hydrogen-bond donors (Lipinski definition) is 1. The van der Waals surface area contributed by atoms with E-state index in [1.54, 1.807) is 0 Å². The molecule has 1 saturated heterocycles. The van der Waals surface area contributed by atoms with Crippen molar-refractivity contribution in [2.75, 3.05) is 31.1 Å². The third-order valence-corrected chi connectivity index (χ3v) is 6.46. The molecule has 2 aromatic rings. The summed E-state index contributed by atoms with van der Waals surface area (Å²) in [4.78, 5) is 16.4. The SMILES string of the molecule is C=C(C)c1cccc2c1CCCCC2N1CCN(c2ccc(C(N)=O)cc2)CC1. The largest absolute Gasteiger partial charge is 0.369 e. The fourth-order valence-electron chi connectivity index (χ4n) is 4.90. The molecule has 1 fully saturated rings. The van der Waals surface area contributed by atoms with Gasteiger partial charge in [-0.2, -0.15) is 0 Å². The van der Waals surface area contributed by atoms with Gasteiger partial charge in [-0.05, 0) is 67.1 Å². The fourth-order valence-corrected chi connectivity index (χ4v) is 4.90. The molecule has 1 amide bonds. The van der Waals surface area contributed by atoms with Gasteiger partial charge in [-0.15, -0.1) is 0 Å². The molecule has 0 spiro atoms. The van der Waals surface area contributed by atoms with Crippen LogP contribution in [0.3, 0.4) is 0 Å². The molecular formula is C25H31N3O. The third-order valence-electron chi connectivity index (χ3n) is 6.46. The van der Waals surface area contributed by atoms with Crippen molar-refractivity contribution < 1.29 is 4.79 Å². The molecule has 0 aromatic heterocycles. The van der Waals surface area contributed by atoms with Gasteiger partial charge in [0.2, 0.25) is 5.91 Å². The Bertz CT molecular complexity index is 895. The predicted molar refractivity (Wildman–Crippen MR) is 120 cm³/mol. The molecule has 2 aromatic carbocycles. The number of rotatable bonds is 4. The van der Waals surface area contributed by atoms with Gasteiger partial charge in [0.05, 0.1) is 0 Å². The van der Waals surface area contributed by atoms with Crippen molar-refractivity contribution in [1.82, 2.24) is 4.90 Å². The standard InChI is InChI=1S/C25H31N3O/c1-18(2)21-7-5-8-23-22(21)6-3-4-9-24(23)28-16-14-27(15-17-28)20-12-10-19(11-13-20)25(26)29/h5,7-8,10-13,24H,1,3-4,6,9,14-17H2,2H3,(H2,26,29). The van der Waals surface area contributed by atoms with Crippen molar-refractivity contribution in [2.45, 2.75) is 38.6 Å². The first kappa shape index (κ1) is 19.7. The minimum Gasteiger partial charge on any atom is -0.369 e. The zero-order valence-corrected chi connectivity index (χ0v) is 17.4. The van der Waals surface area contributed by atoms with E-state index in [4.69, 9.17) is 5.73 Å². The normalized spacial score (nSPS) is 20.0. The summed E-state index contributed by atoms with van der Waals surface area (Å²) in [6.07, 6.45) is 4.95. The number of carbonyl (C=O) groups is 1. The Morgan fingerprint density at radius 2 is 1.76 bits per heavy atom. The molecule has 4 heteroatoms. The molecule has 1 atom stereocenters. The average molecular weight is 390 g/mol. The first-order valence-corrected chi connectivity index (χ1v) is 10.7. The van der Waals surface area contributed by atoms with Crippen molar-refractivity contribution in [1.29, 1.82) is 0 Å². The number of hydrogen-bond acceptors (Lipinski definition) is 3. The first-order valence-electron chi connectivity index (χ1n) is 10.7. The van der Waals surface area contributed by atoms with Gasteiger partial charge in [0, 0.05) is 43.5 Å². The molecule has 4 rings (SSSR count). The van der Waals surface area contributed by atoms with E-state index >= 15 is 0 Å². The smallest absolute Gasteiger partial charge is 0.248 e. The van der Waals surface area contributed by atoms with Gasteiger partial charge in [-0.25, -0.2) is 0 Å².